The van der Waals surface area contributed by atoms with Crippen molar-refractivity contribution in [2.75, 3.05) is 12.4 Å². The molecule has 3 rings (SSSR count). The number of ether oxygens (including phenoxy) is 1. The summed E-state index contributed by atoms with van der Waals surface area (Å²) in [4.78, 5) is 13.6. The smallest absolute Gasteiger partial charge is 0.341 e. The van der Waals surface area contributed by atoms with E-state index in [0.29, 0.717) is 22.6 Å². The highest BCUT2D eigenvalue weighted by molar-refractivity contribution is 7.80. The van der Waals surface area contributed by atoms with Crippen molar-refractivity contribution in [2.45, 2.75) is 57.9 Å². The van der Waals surface area contributed by atoms with Crippen molar-refractivity contribution in [3.63, 3.8) is 0 Å². The minimum Gasteiger partial charge on any atom is -0.465 e. The Labute approximate surface area is 147 Å². The van der Waals surface area contributed by atoms with Crippen molar-refractivity contribution in [1.82, 2.24) is 5.32 Å². The molecule has 2 aliphatic carbocycles. The van der Waals surface area contributed by atoms with Gasteiger partial charge in [-0.05, 0) is 55.8 Å². The van der Waals surface area contributed by atoms with Crippen LogP contribution in [0, 0.1) is 5.92 Å². The maximum atomic E-state index is 12.3. The molecule has 1 heterocycles. The molecule has 126 valence electrons. The molecule has 1 saturated carbocycles. The van der Waals surface area contributed by atoms with E-state index in [9.17, 15) is 4.79 Å². The topological polar surface area (TPSA) is 50.4 Å². The third-order valence-electron chi connectivity index (χ3n) is 4.82. The molecule has 0 saturated heterocycles. The number of esters is 1. The van der Waals surface area contributed by atoms with E-state index in [0.717, 1.165) is 29.8 Å². The van der Waals surface area contributed by atoms with E-state index in [2.05, 4.69) is 17.6 Å². The van der Waals surface area contributed by atoms with Crippen molar-refractivity contribution >= 4 is 39.6 Å². The maximum absolute atomic E-state index is 12.3. The zero-order chi connectivity index (χ0) is 16.4. The quantitative estimate of drug-likeness (QED) is 0.638. The second-order valence-corrected chi connectivity index (χ2v) is 8.14. The number of thiophene rings is 1. The summed E-state index contributed by atoms with van der Waals surface area (Å²) >= 11 is 7.11. The zero-order valence-corrected chi connectivity index (χ0v) is 15.4. The average Bonchev–Trinajstić information content (AvgIpc) is 3.13. The molecule has 0 bridgehead atoms. The standard InChI is InChI=1S/C17H24N2O2S2/c1-10-7-8-12-13(9-10)23-15(14(12)16(20)21-2)19-17(22)18-11-5-3-4-6-11/h10-11H,3-9H2,1-2H3,(H2,18,19,22). The van der Waals surface area contributed by atoms with E-state index < -0.39 is 0 Å². The Kier molecular flexibility index (Phi) is 5.21. The molecule has 6 heteroatoms. The number of rotatable bonds is 3. The third-order valence-corrected chi connectivity index (χ3v) is 6.21. The monoisotopic (exact) mass is 352 g/mol. The Bertz CT molecular complexity index is 606. The summed E-state index contributed by atoms with van der Waals surface area (Å²) in [7, 11) is 1.44. The van der Waals surface area contributed by atoms with Crippen LogP contribution in [0.4, 0.5) is 5.00 Å². The second-order valence-electron chi connectivity index (χ2n) is 6.63. The number of carbonyl (C=O) groups is 1. The Morgan fingerprint density at radius 3 is 2.74 bits per heavy atom. The third kappa shape index (κ3) is 3.69. The van der Waals surface area contributed by atoms with E-state index in [1.165, 1.54) is 37.7 Å². The van der Waals surface area contributed by atoms with Crippen LogP contribution in [-0.2, 0) is 17.6 Å². The molecule has 2 N–H and O–H groups in total. The first-order chi connectivity index (χ1) is 11.1. The number of methoxy groups -OCH3 is 1. The number of anilines is 1. The van der Waals surface area contributed by atoms with Gasteiger partial charge in [0.05, 0.1) is 12.7 Å². The molecule has 1 atom stereocenters. The van der Waals surface area contributed by atoms with Crippen molar-refractivity contribution in [3.8, 4) is 0 Å². The number of hydrogen-bond acceptors (Lipinski definition) is 4. The van der Waals surface area contributed by atoms with Crippen LogP contribution in [0.15, 0.2) is 0 Å². The van der Waals surface area contributed by atoms with Crippen LogP contribution in [0.3, 0.4) is 0 Å². The van der Waals surface area contributed by atoms with E-state index in [1.54, 1.807) is 11.3 Å². The molecule has 0 aromatic carbocycles. The number of fused-ring (bicyclic) bond motifs is 1. The van der Waals surface area contributed by atoms with Crippen LogP contribution in [0.1, 0.15) is 59.8 Å². The number of carbonyl (C=O) groups excluding carboxylic acids is 1. The molecule has 0 spiro atoms. The van der Waals surface area contributed by atoms with E-state index in [1.807, 2.05) is 0 Å². The number of thiocarbonyl (C=S) groups is 1. The first-order valence-electron chi connectivity index (χ1n) is 8.38. The summed E-state index contributed by atoms with van der Waals surface area (Å²) in [5.41, 5.74) is 1.85. The van der Waals surface area contributed by atoms with Crippen LogP contribution in [0.5, 0.6) is 0 Å². The summed E-state index contributed by atoms with van der Waals surface area (Å²) < 4.78 is 5.01. The van der Waals surface area contributed by atoms with Gasteiger partial charge >= 0.3 is 5.97 Å². The fourth-order valence-corrected chi connectivity index (χ4v) is 5.29. The van der Waals surface area contributed by atoms with Crippen LogP contribution in [0.2, 0.25) is 0 Å². The van der Waals surface area contributed by atoms with Gasteiger partial charge in [0.2, 0.25) is 0 Å². The van der Waals surface area contributed by atoms with Crippen molar-refractivity contribution in [1.29, 1.82) is 0 Å². The van der Waals surface area contributed by atoms with Gasteiger partial charge in [-0.25, -0.2) is 4.79 Å². The molecular formula is C17H24N2O2S2. The minimum absolute atomic E-state index is 0.261. The van der Waals surface area contributed by atoms with Gasteiger partial charge in [0, 0.05) is 10.9 Å². The molecule has 23 heavy (non-hydrogen) atoms. The fourth-order valence-electron chi connectivity index (χ4n) is 3.55. The summed E-state index contributed by atoms with van der Waals surface area (Å²) in [5, 5.41) is 8.10. The Balaban J connectivity index is 1.80. The van der Waals surface area contributed by atoms with Crippen molar-refractivity contribution in [2.24, 2.45) is 5.92 Å². The molecule has 0 amide bonds. The number of hydrogen-bond donors (Lipinski definition) is 2. The lowest BCUT2D eigenvalue weighted by Gasteiger charge is -2.18. The lowest BCUT2D eigenvalue weighted by Crippen LogP contribution is -2.36. The molecule has 0 radical (unpaired) electrons. The van der Waals surface area contributed by atoms with Crippen LogP contribution in [-0.4, -0.2) is 24.2 Å². The lowest BCUT2D eigenvalue weighted by molar-refractivity contribution is 0.0601. The van der Waals surface area contributed by atoms with Gasteiger partial charge in [0.15, 0.2) is 5.11 Å². The van der Waals surface area contributed by atoms with Gasteiger partial charge in [-0.2, -0.15) is 0 Å². The van der Waals surface area contributed by atoms with Gasteiger partial charge in [0.1, 0.15) is 5.00 Å². The van der Waals surface area contributed by atoms with Gasteiger partial charge < -0.3 is 15.4 Å². The minimum atomic E-state index is -0.261. The highest BCUT2D eigenvalue weighted by Gasteiger charge is 2.28. The summed E-state index contributed by atoms with van der Waals surface area (Å²) in [6.45, 7) is 2.26. The maximum Gasteiger partial charge on any atom is 0.341 e. The largest absolute Gasteiger partial charge is 0.465 e. The second kappa shape index (κ2) is 7.18. The van der Waals surface area contributed by atoms with Crippen molar-refractivity contribution < 1.29 is 9.53 Å². The van der Waals surface area contributed by atoms with Gasteiger partial charge in [0.25, 0.3) is 0 Å². The Morgan fingerprint density at radius 1 is 1.30 bits per heavy atom. The molecular weight excluding hydrogens is 328 g/mol. The zero-order valence-electron chi connectivity index (χ0n) is 13.7. The van der Waals surface area contributed by atoms with Crippen LogP contribution in [0.25, 0.3) is 0 Å². The average molecular weight is 353 g/mol. The molecule has 0 aliphatic heterocycles. The first-order valence-corrected chi connectivity index (χ1v) is 9.61. The summed E-state index contributed by atoms with van der Waals surface area (Å²) in [6.07, 6.45) is 7.97. The highest BCUT2D eigenvalue weighted by atomic mass is 32.1. The fraction of sp³-hybridized carbons (Fsp3) is 0.647. The number of nitrogens with one attached hydrogen (secondary N) is 2. The van der Waals surface area contributed by atoms with E-state index in [4.69, 9.17) is 17.0 Å². The Hall–Kier alpha value is -1.14. The van der Waals surface area contributed by atoms with Gasteiger partial charge in [-0.3, -0.25) is 0 Å². The Morgan fingerprint density at radius 2 is 2.04 bits per heavy atom. The van der Waals surface area contributed by atoms with Gasteiger partial charge in [-0.15, -0.1) is 11.3 Å². The molecule has 1 aromatic heterocycles. The van der Waals surface area contributed by atoms with Crippen LogP contribution >= 0.6 is 23.6 Å². The lowest BCUT2D eigenvalue weighted by atomic mass is 9.88. The highest BCUT2D eigenvalue weighted by Crippen LogP contribution is 2.40. The molecule has 4 nitrogen and oxygen atoms in total. The normalized spacial score (nSPS) is 20.9. The molecule has 1 fully saturated rings. The van der Waals surface area contributed by atoms with Crippen LogP contribution < -0.4 is 10.6 Å². The van der Waals surface area contributed by atoms with Crippen molar-refractivity contribution in [3.05, 3.63) is 16.0 Å². The predicted octanol–water partition coefficient (Wildman–Crippen LogP) is 3.89. The predicted molar refractivity (Wildman–Crippen MR) is 98.5 cm³/mol. The SMILES string of the molecule is COC(=O)c1c(NC(=S)NC2CCCC2)sc2c1CCC(C)C2. The first kappa shape index (κ1) is 16.7. The summed E-state index contributed by atoms with van der Waals surface area (Å²) in [5.74, 6) is 0.409. The molecule has 1 aromatic rings. The van der Waals surface area contributed by atoms with E-state index >= 15 is 0 Å². The molecule has 2 aliphatic rings. The van der Waals surface area contributed by atoms with E-state index in [-0.39, 0.29) is 5.97 Å². The molecule has 1 unspecified atom stereocenters. The summed E-state index contributed by atoms with van der Waals surface area (Å²) in [6, 6.07) is 0.464. The van der Waals surface area contributed by atoms with Gasteiger partial charge in [-0.1, -0.05) is 19.8 Å².